The lowest BCUT2D eigenvalue weighted by molar-refractivity contribution is -0.189. The largest absolute Gasteiger partial charge is 0.446 e. The third-order valence-corrected chi connectivity index (χ3v) is 6.15. The van der Waals surface area contributed by atoms with Crippen LogP contribution in [0.3, 0.4) is 0 Å². The van der Waals surface area contributed by atoms with Crippen molar-refractivity contribution >= 4 is 28.1 Å². The molecular weight excluding hydrogens is 352 g/mol. The number of ketones is 3. The van der Waals surface area contributed by atoms with Gasteiger partial charge in [0.2, 0.25) is 11.4 Å². The zero-order valence-electron chi connectivity index (χ0n) is 13.6. The van der Waals surface area contributed by atoms with Crippen LogP contribution in [-0.2, 0) is 23.9 Å². The van der Waals surface area contributed by atoms with Gasteiger partial charge in [0.05, 0.1) is 5.39 Å². The summed E-state index contributed by atoms with van der Waals surface area (Å²) in [5.41, 5.74) is -3.78. The molecule has 5 aliphatic rings. The minimum atomic E-state index is -1.92. The van der Waals surface area contributed by atoms with Crippen LogP contribution in [0.2, 0.25) is 0 Å². The number of epoxide rings is 2. The molecule has 7 heteroatoms. The smallest absolute Gasteiger partial charge is 0.321 e. The molecule has 3 fully saturated rings. The van der Waals surface area contributed by atoms with Gasteiger partial charge in [0.25, 0.3) is 5.60 Å². The number of benzene rings is 2. The van der Waals surface area contributed by atoms with Crippen molar-refractivity contribution in [3.05, 3.63) is 48.6 Å². The van der Waals surface area contributed by atoms with Crippen molar-refractivity contribution in [2.45, 2.75) is 29.2 Å². The van der Waals surface area contributed by atoms with Crippen molar-refractivity contribution in [1.82, 2.24) is 0 Å². The van der Waals surface area contributed by atoms with Crippen LogP contribution >= 0.6 is 0 Å². The SMILES string of the molecule is O=C1C=CC(=O)C23OC12C(=O)C1OC1C31Oc2cccc3cccc(c23)O1. The fourth-order valence-electron chi connectivity index (χ4n) is 4.92. The van der Waals surface area contributed by atoms with Crippen molar-refractivity contribution in [1.29, 1.82) is 0 Å². The fraction of sp³-hybridized carbons (Fsp3) is 0.250. The zero-order chi connectivity index (χ0) is 18.2. The Hall–Kier alpha value is -3.03. The maximum atomic E-state index is 12.9. The molecule has 0 radical (unpaired) electrons. The van der Waals surface area contributed by atoms with Gasteiger partial charge < -0.3 is 18.9 Å². The normalized spacial score (nSPS) is 38.6. The lowest BCUT2D eigenvalue weighted by Gasteiger charge is -2.43. The number of fused-ring (bicyclic) bond motifs is 2. The van der Waals surface area contributed by atoms with Gasteiger partial charge in [-0.2, -0.15) is 0 Å². The molecule has 2 aromatic rings. The van der Waals surface area contributed by atoms with E-state index in [1.54, 1.807) is 12.1 Å². The summed E-state index contributed by atoms with van der Waals surface area (Å²) in [5, 5.41) is 1.67. The van der Waals surface area contributed by atoms with Crippen LogP contribution < -0.4 is 9.47 Å². The Kier molecular flexibility index (Phi) is 1.99. The van der Waals surface area contributed by atoms with E-state index < -0.39 is 46.5 Å². The average Bonchev–Trinajstić information content (AvgIpc) is 3.57. The number of hydrogen-bond donors (Lipinski definition) is 0. The highest BCUT2D eigenvalue weighted by molar-refractivity contribution is 6.32. The van der Waals surface area contributed by atoms with Crippen molar-refractivity contribution in [3.8, 4) is 11.5 Å². The molecule has 7 rings (SSSR count). The van der Waals surface area contributed by atoms with E-state index in [2.05, 4.69) is 0 Å². The third-order valence-electron chi connectivity index (χ3n) is 6.15. The van der Waals surface area contributed by atoms with E-state index in [1.807, 2.05) is 24.3 Å². The molecule has 0 aromatic heterocycles. The molecule has 0 bridgehead atoms. The Morgan fingerprint density at radius 3 is 2.22 bits per heavy atom. The average molecular weight is 362 g/mol. The monoisotopic (exact) mass is 362 g/mol. The first kappa shape index (κ1) is 14.1. The molecule has 27 heavy (non-hydrogen) atoms. The summed E-state index contributed by atoms with van der Waals surface area (Å²) in [6.07, 6.45) is 0.485. The summed E-state index contributed by atoms with van der Waals surface area (Å²) in [5.74, 6) is -2.39. The number of ether oxygens (including phenoxy) is 4. The highest BCUT2D eigenvalue weighted by Gasteiger charge is 3.00. The second kappa shape index (κ2) is 3.81. The summed E-state index contributed by atoms with van der Waals surface area (Å²) in [6.45, 7) is 0. The van der Waals surface area contributed by atoms with E-state index in [9.17, 15) is 14.4 Å². The Morgan fingerprint density at radius 1 is 0.852 bits per heavy atom. The standard InChI is InChI=1S/C20H10O7/c21-12-7-8-13(22)19-18(12,27-19)16(23)15-17(24-15)20(19)25-10-5-1-3-9-4-2-6-11(26-20)14(9)10/h1-8,15,17H. The molecule has 1 saturated carbocycles. The van der Waals surface area contributed by atoms with Crippen LogP contribution in [0.25, 0.3) is 10.8 Å². The van der Waals surface area contributed by atoms with Crippen LogP contribution in [0.15, 0.2) is 48.6 Å². The second-order valence-electron chi connectivity index (χ2n) is 7.35. The molecule has 0 N–H and O–H groups in total. The van der Waals surface area contributed by atoms with E-state index in [0.29, 0.717) is 11.5 Å². The van der Waals surface area contributed by atoms with E-state index in [0.717, 1.165) is 22.9 Å². The van der Waals surface area contributed by atoms with Crippen LogP contribution in [0.1, 0.15) is 0 Å². The molecular formula is C20H10O7. The first-order chi connectivity index (χ1) is 13.1. The Bertz CT molecular complexity index is 1140. The number of rotatable bonds is 0. The van der Waals surface area contributed by atoms with Crippen molar-refractivity contribution in [2.75, 3.05) is 0 Å². The summed E-state index contributed by atoms with van der Waals surface area (Å²) >= 11 is 0. The van der Waals surface area contributed by atoms with Gasteiger partial charge in [-0.05, 0) is 29.7 Å². The predicted molar refractivity (Wildman–Crippen MR) is 87.3 cm³/mol. The molecule has 132 valence electrons. The lowest BCUT2D eigenvalue weighted by Crippen LogP contribution is -2.72. The van der Waals surface area contributed by atoms with Gasteiger partial charge in [0.1, 0.15) is 11.5 Å². The van der Waals surface area contributed by atoms with E-state index in [-0.39, 0.29) is 0 Å². The van der Waals surface area contributed by atoms with Crippen LogP contribution in [0.4, 0.5) is 0 Å². The van der Waals surface area contributed by atoms with E-state index in [4.69, 9.17) is 18.9 Å². The molecule has 4 unspecified atom stereocenters. The van der Waals surface area contributed by atoms with E-state index >= 15 is 0 Å². The van der Waals surface area contributed by atoms with Gasteiger partial charge in [-0.15, -0.1) is 0 Å². The topological polar surface area (TPSA) is 94.7 Å². The molecule has 2 aromatic carbocycles. The lowest BCUT2D eigenvalue weighted by atomic mass is 9.67. The van der Waals surface area contributed by atoms with Crippen molar-refractivity contribution in [3.63, 3.8) is 0 Å². The summed E-state index contributed by atoms with van der Waals surface area (Å²) in [7, 11) is 0. The van der Waals surface area contributed by atoms with Gasteiger partial charge >= 0.3 is 5.79 Å². The summed E-state index contributed by atoms with van der Waals surface area (Å²) in [6, 6.07) is 11.0. The van der Waals surface area contributed by atoms with Gasteiger partial charge in [-0.25, -0.2) is 0 Å². The molecule has 7 nitrogen and oxygen atoms in total. The molecule has 4 atom stereocenters. The van der Waals surface area contributed by atoms with E-state index in [1.165, 1.54) is 0 Å². The Morgan fingerprint density at radius 2 is 1.52 bits per heavy atom. The summed E-state index contributed by atoms with van der Waals surface area (Å²) < 4.78 is 23.7. The molecule has 3 aliphatic heterocycles. The van der Waals surface area contributed by atoms with Crippen LogP contribution in [0, 0.1) is 0 Å². The molecule has 3 heterocycles. The van der Waals surface area contributed by atoms with Crippen LogP contribution in [-0.4, -0.2) is 46.5 Å². The highest BCUT2D eigenvalue weighted by Crippen LogP contribution is 2.69. The number of Topliss-reactive ketones (excluding diaryl/α,β-unsaturated/α-hetero) is 1. The quantitative estimate of drug-likeness (QED) is 0.507. The molecule has 2 saturated heterocycles. The highest BCUT2D eigenvalue weighted by atomic mass is 16.8. The summed E-state index contributed by atoms with van der Waals surface area (Å²) in [4.78, 5) is 38.4. The predicted octanol–water partition coefficient (Wildman–Crippen LogP) is 0.873. The zero-order valence-corrected chi connectivity index (χ0v) is 13.6. The number of carbonyl (C=O) groups is 3. The van der Waals surface area contributed by atoms with Gasteiger partial charge in [-0.3, -0.25) is 14.4 Å². The second-order valence-corrected chi connectivity index (χ2v) is 7.35. The first-order valence-electron chi connectivity index (χ1n) is 8.62. The third kappa shape index (κ3) is 1.19. The first-order valence-corrected chi connectivity index (χ1v) is 8.62. The minimum absolute atomic E-state index is 0.492. The maximum Gasteiger partial charge on any atom is 0.321 e. The number of carbonyl (C=O) groups excluding carboxylic acids is 3. The van der Waals surface area contributed by atoms with Crippen LogP contribution in [0.5, 0.6) is 11.5 Å². The van der Waals surface area contributed by atoms with Gasteiger partial charge in [0, 0.05) is 0 Å². The fourth-order valence-corrected chi connectivity index (χ4v) is 4.92. The van der Waals surface area contributed by atoms with Gasteiger partial charge in [0.15, 0.2) is 23.8 Å². The Balaban J connectivity index is 1.52. The Labute approximate surface area is 151 Å². The maximum absolute atomic E-state index is 12.9. The molecule has 0 amide bonds. The number of hydrogen-bond acceptors (Lipinski definition) is 7. The minimum Gasteiger partial charge on any atom is -0.446 e. The van der Waals surface area contributed by atoms with Crippen molar-refractivity contribution in [2.24, 2.45) is 0 Å². The molecule has 1 spiro atoms. The molecule has 2 aliphatic carbocycles. The van der Waals surface area contributed by atoms with Crippen molar-refractivity contribution < 1.29 is 33.3 Å². The van der Waals surface area contributed by atoms with Gasteiger partial charge in [-0.1, -0.05) is 24.3 Å².